The van der Waals surface area contributed by atoms with Gasteiger partial charge in [-0.2, -0.15) is 0 Å². The van der Waals surface area contributed by atoms with Crippen LogP contribution < -0.4 is 11.1 Å². The van der Waals surface area contributed by atoms with Crippen molar-refractivity contribution in [2.24, 2.45) is 16.8 Å². The van der Waals surface area contributed by atoms with Crippen molar-refractivity contribution in [2.75, 3.05) is 6.54 Å². The Labute approximate surface area is 79.2 Å². The first-order chi connectivity index (χ1) is 6.27. The summed E-state index contributed by atoms with van der Waals surface area (Å²) in [6.45, 7) is 2.99. The quantitative estimate of drug-likeness (QED) is 0.249. The lowest BCUT2D eigenvalue weighted by molar-refractivity contribution is 0.314. The second-order valence-electron chi connectivity index (χ2n) is 3.67. The minimum absolute atomic E-state index is 0.0312. The summed E-state index contributed by atoms with van der Waals surface area (Å²) in [5.41, 5.74) is 5.50. The molecule has 1 aliphatic rings. The van der Waals surface area contributed by atoms with Crippen molar-refractivity contribution in [1.82, 2.24) is 5.32 Å². The molecule has 0 radical (unpaired) electrons. The average molecular weight is 185 g/mol. The molecule has 1 rings (SSSR count). The van der Waals surface area contributed by atoms with E-state index in [1.807, 2.05) is 6.92 Å². The van der Waals surface area contributed by atoms with Crippen molar-refractivity contribution in [3.8, 4) is 0 Å². The molecular weight excluding hydrogens is 166 g/mol. The largest absolute Gasteiger partial charge is 0.409 e. The molecule has 13 heavy (non-hydrogen) atoms. The number of rotatable bonds is 6. The Hall–Kier alpha value is -0.770. The van der Waals surface area contributed by atoms with Gasteiger partial charge in [-0.15, -0.1) is 0 Å². The van der Waals surface area contributed by atoms with E-state index in [4.69, 9.17) is 10.9 Å². The minimum atomic E-state index is 0.0312. The molecule has 76 valence electrons. The van der Waals surface area contributed by atoms with Crippen LogP contribution in [0, 0.1) is 5.92 Å². The zero-order valence-corrected chi connectivity index (χ0v) is 8.16. The molecule has 0 saturated heterocycles. The third-order valence-corrected chi connectivity index (χ3v) is 2.52. The maximum atomic E-state index is 8.48. The van der Waals surface area contributed by atoms with Gasteiger partial charge in [0.05, 0.1) is 6.04 Å². The molecule has 0 amide bonds. The standard InChI is InChI=1S/C9H19N3O/c1-2-8(9(10)12-13)11-6-5-7-3-4-7/h7-8,11,13H,2-6H2,1H3,(H2,10,12). The fourth-order valence-corrected chi connectivity index (χ4v) is 1.40. The van der Waals surface area contributed by atoms with Crippen LogP contribution in [0.4, 0.5) is 0 Å². The summed E-state index contributed by atoms with van der Waals surface area (Å²) in [7, 11) is 0. The number of nitrogens with zero attached hydrogens (tertiary/aromatic N) is 1. The van der Waals surface area contributed by atoms with Gasteiger partial charge in [-0.05, 0) is 25.3 Å². The molecule has 1 unspecified atom stereocenters. The first-order valence-corrected chi connectivity index (χ1v) is 4.98. The lowest BCUT2D eigenvalue weighted by Crippen LogP contribution is -2.41. The molecule has 1 aliphatic carbocycles. The van der Waals surface area contributed by atoms with E-state index in [1.54, 1.807) is 0 Å². The molecule has 4 heteroatoms. The van der Waals surface area contributed by atoms with E-state index < -0.39 is 0 Å². The SMILES string of the molecule is CCC(NCCC1CC1)C(N)=NO. The Kier molecular flexibility index (Phi) is 4.02. The van der Waals surface area contributed by atoms with Gasteiger partial charge in [0.1, 0.15) is 0 Å². The van der Waals surface area contributed by atoms with Gasteiger partial charge in [-0.1, -0.05) is 24.9 Å². The predicted octanol–water partition coefficient (Wildman–Crippen LogP) is 0.901. The highest BCUT2D eigenvalue weighted by molar-refractivity contribution is 5.85. The van der Waals surface area contributed by atoms with Crippen LogP contribution >= 0.6 is 0 Å². The zero-order chi connectivity index (χ0) is 9.68. The van der Waals surface area contributed by atoms with E-state index in [1.165, 1.54) is 19.3 Å². The van der Waals surface area contributed by atoms with Crippen LogP contribution in [-0.2, 0) is 0 Å². The number of nitrogens with one attached hydrogen (secondary N) is 1. The normalized spacial score (nSPS) is 20.2. The second kappa shape index (κ2) is 5.07. The third kappa shape index (κ3) is 3.63. The Morgan fingerprint density at radius 2 is 2.38 bits per heavy atom. The third-order valence-electron chi connectivity index (χ3n) is 2.52. The van der Waals surface area contributed by atoms with Gasteiger partial charge in [0.15, 0.2) is 5.84 Å². The average Bonchev–Trinajstić information content (AvgIpc) is 2.95. The van der Waals surface area contributed by atoms with E-state index in [9.17, 15) is 0 Å². The van der Waals surface area contributed by atoms with Crippen LogP contribution in [0.15, 0.2) is 5.16 Å². The molecule has 1 fully saturated rings. The van der Waals surface area contributed by atoms with Gasteiger partial charge in [-0.25, -0.2) is 0 Å². The van der Waals surface area contributed by atoms with Crippen LogP contribution in [-0.4, -0.2) is 23.6 Å². The van der Waals surface area contributed by atoms with Crippen LogP contribution in [0.25, 0.3) is 0 Å². The van der Waals surface area contributed by atoms with Gasteiger partial charge in [0.2, 0.25) is 0 Å². The van der Waals surface area contributed by atoms with Crippen LogP contribution in [0.5, 0.6) is 0 Å². The minimum Gasteiger partial charge on any atom is -0.409 e. The molecule has 1 saturated carbocycles. The van der Waals surface area contributed by atoms with Crippen molar-refractivity contribution in [2.45, 2.75) is 38.6 Å². The predicted molar refractivity (Wildman–Crippen MR) is 52.8 cm³/mol. The Morgan fingerprint density at radius 1 is 1.69 bits per heavy atom. The summed E-state index contributed by atoms with van der Waals surface area (Å²) in [5.74, 6) is 1.22. The smallest absolute Gasteiger partial charge is 0.156 e. The van der Waals surface area contributed by atoms with Gasteiger partial charge < -0.3 is 16.3 Å². The first-order valence-electron chi connectivity index (χ1n) is 4.98. The molecule has 4 nitrogen and oxygen atoms in total. The van der Waals surface area contributed by atoms with Crippen molar-refractivity contribution < 1.29 is 5.21 Å². The van der Waals surface area contributed by atoms with Gasteiger partial charge in [-0.3, -0.25) is 0 Å². The van der Waals surface area contributed by atoms with Crippen LogP contribution in [0.3, 0.4) is 0 Å². The summed E-state index contributed by atoms with van der Waals surface area (Å²) >= 11 is 0. The van der Waals surface area contributed by atoms with Crippen molar-refractivity contribution in [3.05, 3.63) is 0 Å². The topological polar surface area (TPSA) is 70.6 Å². The van der Waals surface area contributed by atoms with Gasteiger partial charge in [0.25, 0.3) is 0 Å². The van der Waals surface area contributed by atoms with Crippen molar-refractivity contribution in [1.29, 1.82) is 0 Å². The molecule has 0 aromatic heterocycles. The van der Waals surface area contributed by atoms with Gasteiger partial charge >= 0.3 is 0 Å². The highest BCUT2D eigenvalue weighted by atomic mass is 16.4. The van der Waals surface area contributed by atoms with E-state index in [0.717, 1.165) is 18.9 Å². The molecule has 0 bridgehead atoms. The molecule has 0 spiro atoms. The first kappa shape index (κ1) is 10.3. The van der Waals surface area contributed by atoms with Crippen molar-refractivity contribution in [3.63, 3.8) is 0 Å². The lowest BCUT2D eigenvalue weighted by Gasteiger charge is -2.14. The van der Waals surface area contributed by atoms with E-state index in [-0.39, 0.29) is 6.04 Å². The summed E-state index contributed by atoms with van der Waals surface area (Å²) in [4.78, 5) is 0. The van der Waals surface area contributed by atoms with Gasteiger partial charge in [0, 0.05) is 0 Å². The second-order valence-corrected chi connectivity index (χ2v) is 3.67. The Morgan fingerprint density at radius 3 is 2.85 bits per heavy atom. The summed E-state index contributed by atoms with van der Waals surface area (Å²) < 4.78 is 0. The van der Waals surface area contributed by atoms with E-state index in [0.29, 0.717) is 5.84 Å². The maximum Gasteiger partial charge on any atom is 0.156 e. The number of hydrogen-bond acceptors (Lipinski definition) is 3. The summed E-state index contributed by atoms with van der Waals surface area (Å²) in [5, 5.41) is 14.8. The van der Waals surface area contributed by atoms with E-state index >= 15 is 0 Å². The zero-order valence-electron chi connectivity index (χ0n) is 8.16. The fraction of sp³-hybridized carbons (Fsp3) is 0.889. The Balaban J connectivity index is 2.14. The number of amidine groups is 1. The molecule has 1 atom stereocenters. The fourth-order valence-electron chi connectivity index (χ4n) is 1.40. The molecule has 0 aliphatic heterocycles. The highest BCUT2D eigenvalue weighted by Gasteiger charge is 2.21. The van der Waals surface area contributed by atoms with E-state index in [2.05, 4.69) is 10.5 Å². The Bertz CT molecular complexity index is 178. The summed E-state index contributed by atoms with van der Waals surface area (Å²) in [6.07, 6.45) is 4.83. The monoisotopic (exact) mass is 185 g/mol. The number of hydrogen-bond donors (Lipinski definition) is 3. The molecule has 0 aromatic rings. The highest BCUT2D eigenvalue weighted by Crippen LogP contribution is 2.31. The molecule has 0 heterocycles. The molecular formula is C9H19N3O. The van der Waals surface area contributed by atoms with Crippen LogP contribution in [0.1, 0.15) is 32.6 Å². The molecule has 4 N–H and O–H groups in total. The summed E-state index contributed by atoms with van der Waals surface area (Å²) in [6, 6.07) is 0.0312. The van der Waals surface area contributed by atoms with Crippen molar-refractivity contribution >= 4 is 5.84 Å². The maximum absolute atomic E-state index is 8.48. The molecule has 0 aromatic carbocycles. The number of nitrogens with two attached hydrogens (primary N) is 1. The number of oxime groups is 1. The van der Waals surface area contributed by atoms with Crippen LogP contribution in [0.2, 0.25) is 0 Å². The lowest BCUT2D eigenvalue weighted by atomic mass is 10.2.